The Morgan fingerprint density at radius 3 is 2.25 bits per heavy atom. The number of nitrogens with two attached hydrogens (primary N) is 1. The van der Waals surface area contributed by atoms with Crippen molar-refractivity contribution in [3.63, 3.8) is 0 Å². The number of nitrogens with zero attached hydrogens (tertiary/aromatic N) is 1. The maximum Gasteiger partial charge on any atom is 0.416 e. The summed E-state index contributed by atoms with van der Waals surface area (Å²) >= 11 is 0. The first-order valence-electron chi connectivity index (χ1n) is 6.09. The quantitative estimate of drug-likeness (QED) is 0.863. The highest BCUT2D eigenvalue weighted by atomic mass is 19.4. The molecule has 2 N–H and O–H groups in total. The third-order valence-corrected chi connectivity index (χ3v) is 3.03. The van der Waals surface area contributed by atoms with Gasteiger partial charge in [-0.1, -0.05) is 30.3 Å². The van der Waals surface area contributed by atoms with Crippen LogP contribution in [0.3, 0.4) is 0 Å². The van der Waals surface area contributed by atoms with Crippen molar-refractivity contribution in [3.05, 3.63) is 59.7 Å². The van der Waals surface area contributed by atoms with E-state index in [4.69, 9.17) is 5.73 Å². The fourth-order valence-electron chi connectivity index (χ4n) is 2.02. The molecular weight excluding hydrogens is 265 g/mol. The van der Waals surface area contributed by atoms with Gasteiger partial charge in [0.05, 0.1) is 16.9 Å². The number of halogens is 3. The molecule has 5 heteroatoms. The van der Waals surface area contributed by atoms with E-state index in [1.807, 2.05) is 35.2 Å². The maximum atomic E-state index is 12.6. The van der Waals surface area contributed by atoms with Gasteiger partial charge in [0.1, 0.15) is 0 Å². The third-order valence-electron chi connectivity index (χ3n) is 3.03. The summed E-state index contributed by atoms with van der Waals surface area (Å²) in [6, 6.07) is 13.1. The smallest absolute Gasteiger partial charge is 0.397 e. The Labute approximate surface area is 115 Å². The normalized spacial score (nSPS) is 11.4. The zero-order chi connectivity index (χ0) is 14.8. The molecule has 20 heavy (non-hydrogen) atoms. The van der Waals surface area contributed by atoms with Gasteiger partial charge in [-0.15, -0.1) is 0 Å². The molecule has 0 amide bonds. The van der Waals surface area contributed by atoms with Crippen molar-refractivity contribution in [2.24, 2.45) is 0 Å². The molecule has 2 nitrogen and oxygen atoms in total. The first-order valence-corrected chi connectivity index (χ1v) is 6.09. The molecule has 0 radical (unpaired) electrons. The van der Waals surface area contributed by atoms with Crippen molar-refractivity contribution in [1.82, 2.24) is 0 Å². The summed E-state index contributed by atoms with van der Waals surface area (Å²) in [7, 11) is 1.80. The predicted molar refractivity (Wildman–Crippen MR) is 74.4 cm³/mol. The van der Waals surface area contributed by atoms with Crippen molar-refractivity contribution in [3.8, 4) is 0 Å². The molecule has 0 unspecified atom stereocenters. The van der Waals surface area contributed by atoms with Gasteiger partial charge >= 0.3 is 6.18 Å². The monoisotopic (exact) mass is 280 g/mol. The Balaban J connectivity index is 2.21. The minimum atomic E-state index is -4.37. The maximum absolute atomic E-state index is 12.6. The standard InChI is InChI=1S/C15H15F3N2/c1-20(10-11-5-3-2-4-6-11)14-8-7-12(9-13(14)19)15(16,17)18/h2-9H,10,19H2,1H3. The third kappa shape index (κ3) is 3.23. The highest BCUT2D eigenvalue weighted by Gasteiger charge is 2.30. The largest absolute Gasteiger partial charge is 0.416 e. The van der Waals surface area contributed by atoms with Crippen LogP contribution in [-0.2, 0) is 12.7 Å². The highest BCUT2D eigenvalue weighted by Crippen LogP contribution is 2.34. The SMILES string of the molecule is CN(Cc1ccccc1)c1ccc(C(F)(F)F)cc1N. The van der Waals surface area contributed by atoms with Gasteiger partial charge in [-0.25, -0.2) is 0 Å². The van der Waals surface area contributed by atoms with Gasteiger partial charge in [-0.05, 0) is 23.8 Å². The number of anilines is 2. The van der Waals surface area contributed by atoms with E-state index in [2.05, 4.69) is 0 Å². The first-order chi connectivity index (χ1) is 9.38. The molecule has 0 saturated carbocycles. The van der Waals surface area contributed by atoms with E-state index in [0.717, 1.165) is 17.7 Å². The van der Waals surface area contributed by atoms with E-state index in [0.29, 0.717) is 12.2 Å². The molecule has 2 rings (SSSR count). The number of benzene rings is 2. The summed E-state index contributed by atoms with van der Waals surface area (Å²) in [5, 5.41) is 0. The molecule has 0 fully saturated rings. The van der Waals surface area contributed by atoms with E-state index in [1.54, 1.807) is 7.05 Å². The van der Waals surface area contributed by atoms with E-state index < -0.39 is 11.7 Å². The average Bonchev–Trinajstić information content (AvgIpc) is 2.38. The van der Waals surface area contributed by atoms with Crippen molar-refractivity contribution in [2.75, 3.05) is 17.7 Å². The molecule has 0 aliphatic rings. The van der Waals surface area contributed by atoms with Crippen LogP contribution in [0.2, 0.25) is 0 Å². The topological polar surface area (TPSA) is 29.3 Å². The first kappa shape index (κ1) is 14.2. The lowest BCUT2D eigenvalue weighted by Gasteiger charge is -2.22. The van der Waals surface area contributed by atoms with E-state index in [9.17, 15) is 13.2 Å². The average molecular weight is 280 g/mol. The Morgan fingerprint density at radius 2 is 1.70 bits per heavy atom. The summed E-state index contributed by atoms with van der Waals surface area (Å²) in [5.41, 5.74) is 6.77. The number of alkyl halides is 3. The predicted octanol–water partition coefficient (Wildman–Crippen LogP) is 3.92. The summed E-state index contributed by atoms with van der Waals surface area (Å²) in [6.45, 7) is 0.580. The van der Waals surface area contributed by atoms with Crippen LogP contribution in [0.5, 0.6) is 0 Å². The van der Waals surface area contributed by atoms with E-state index in [-0.39, 0.29) is 5.69 Å². The van der Waals surface area contributed by atoms with Crippen LogP contribution < -0.4 is 10.6 Å². The second-order valence-electron chi connectivity index (χ2n) is 4.61. The minimum Gasteiger partial charge on any atom is -0.397 e. The number of rotatable bonds is 3. The van der Waals surface area contributed by atoms with E-state index >= 15 is 0 Å². The van der Waals surface area contributed by atoms with Crippen LogP contribution in [0.1, 0.15) is 11.1 Å². The Bertz CT molecular complexity index is 579. The molecule has 106 valence electrons. The summed E-state index contributed by atoms with van der Waals surface area (Å²) in [6.07, 6.45) is -4.37. The molecule has 0 aromatic heterocycles. The number of nitrogen functional groups attached to an aromatic ring is 1. The van der Waals surface area contributed by atoms with Crippen LogP contribution in [0.15, 0.2) is 48.5 Å². The second kappa shape index (κ2) is 5.45. The molecule has 0 spiro atoms. The molecular formula is C15H15F3N2. The van der Waals surface area contributed by atoms with Gasteiger partial charge in [-0.3, -0.25) is 0 Å². The van der Waals surface area contributed by atoms with Gasteiger partial charge in [0.15, 0.2) is 0 Å². The van der Waals surface area contributed by atoms with Gasteiger partial charge in [-0.2, -0.15) is 13.2 Å². The van der Waals surface area contributed by atoms with Crippen molar-refractivity contribution < 1.29 is 13.2 Å². The van der Waals surface area contributed by atoms with Crippen LogP contribution in [-0.4, -0.2) is 7.05 Å². The molecule has 0 bridgehead atoms. The van der Waals surface area contributed by atoms with Crippen molar-refractivity contribution >= 4 is 11.4 Å². The lowest BCUT2D eigenvalue weighted by molar-refractivity contribution is -0.137. The number of hydrogen-bond donors (Lipinski definition) is 1. The molecule has 0 saturated heterocycles. The van der Waals surface area contributed by atoms with Gasteiger partial charge < -0.3 is 10.6 Å². The summed E-state index contributed by atoms with van der Waals surface area (Å²) < 4.78 is 37.7. The lowest BCUT2D eigenvalue weighted by Crippen LogP contribution is -2.18. The highest BCUT2D eigenvalue weighted by molar-refractivity contribution is 5.68. The molecule has 2 aromatic carbocycles. The molecule has 0 aliphatic carbocycles. The van der Waals surface area contributed by atoms with Crippen LogP contribution in [0.25, 0.3) is 0 Å². The lowest BCUT2D eigenvalue weighted by atomic mass is 10.1. The van der Waals surface area contributed by atoms with Gasteiger partial charge in [0.25, 0.3) is 0 Å². The molecule has 2 aromatic rings. The molecule has 0 aliphatic heterocycles. The summed E-state index contributed by atoms with van der Waals surface area (Å²) in [5.74, 6) is 0. The number of hydrogen-bond acceptors (Lipinski definition) is 2. The van der Waals surface area contributed by atoms with Crippen LogP contribution >= 0.6 is 0 Å². The zero-order valence-electron chi connectivity index (χ0n) is 11.0. The van der Waals surface area contributed by atoms with Gasteiger partial charge in [0, 0.05) is 13.6 Å². The molecule has 0 heterocycles. The Kier molecular flexibility index (Phi) is 3.88. The van der Waals surface area contributed by atoms with Crippen molar-refractivity contribution in [1.29, 1.82) is 0 Å². The summed E-state index contributed by atoms with van der Waals surface area (Å²) in [4.78, 5) is 1.82. The van der Waals surface area contributed by atoms with Gasteiger partial charge in [0.2, 0.25) is 0 Å². The van der Waals surface area contributed by atoms with Crippen molar-refractivity contribution in [2.45, 2.75) is 12.7 Å². The van der Waals surface area contributed by atoms with Crippen LogP contribution in [0, 0.1) is 0 Å². The molecule has 0 atom stereocenters. The Hall–Kier alpha value is -2.17. The Morgan fingerprint density at radius 1 is 1.05 bits per heavy atom. The zero-order valence-corrected chi connectivity index (χ0v) is 11.0. The van der Waals surface area contributed by atoms with Crippen LogP contribution in [0.4, 0.5) is 24.5 Å². The van der Waals surface area contributed by atoms with E-state index in [1.165, 1.54) is 6.07 Å². The minimum absolute atomic E-state index is 0.123. The second-order valence-corrected chi connectivity index (χ2v) is 4.61. The fourth-order valence-corrected chi connectivity index (χ4v) is 2.02. The fraction of sp³-hybridized carbons (Fsp3) is 0.200.